The zero-order valence-electron chi connectivity index (χ0n) is 8.44. The Balaban J connectivity index is 2.55. The molecule has 0 unspecified atom stereocenters. The second-order valence-electron chi connectivity index (χ2n) is 3.09. The van der Waals surface area contributed by atoms with Gasteiger partial charge in [0.25, 0.3) is 0 Å². The molecule has 1 aromatic rings. The van der Waals surface area contributed by atoms with Crippen LogP contribution in [0.3, 0.4) is 0 Å². The molecule has 0 fully saturated rings. The molecule has 1 rings (SSSR count). The average molecular weight is 239 g/mol. The first-order valence-electron chi connectivity index (χ1n) is 4.62. The Morgan fingerprint density at radius 3 is 2.94 bits per heavy atom. The first-order chi connectivity index (χ1) is 7.65. The van der Waals surface area contributed by atoms with Gasteiger partial charge < -0.3 is 5.11 Å². The van der Waals surface area contributed by atoms with Crippen LogP contribution < -0.4 is 0 Å². The third kappa shape index (κ3) is 3.55. The van der Waals surface area contributed by atoms with Gasteiger partial charge in [-0.15, -0.1) is 0 Å². The highest BCUT2D eigenvalue weighted by Crippen LogP contribution is 2.18. The van der Waals surface area contributed by atoms with Crippen molar-refractivity contribution in [1.29, 1.82) is 5.26 Å². The van der Waals surface area contributed by atoms with Gasteiger partial charge in [-0.3, -0.25) is 4.79 Å². The number of thioether (sulfide) groups is 1. The first kappa shape index (κ1) is 12.5. The maximum absolute atomic E-state index is 13.5. The van der Waals surface area contributed by atoms with E-state index in [2.05, 4.69) is 0 Å². The predicted octanol–water partition coefficient (Wildman–Crippen LogP) is 2.41. The number of carboxylic acids is 1. The molecule has 0 bridgehead atoms. The summed E-state index contributed by atoms with van der Waals surface area (Å²) < 4.78 is 13.5. The first-order valence-corrected chi connectivity index (χ1v) is 5.77. The number of nitriles is 1. The van der Waals surface area contributed by atoms with Gasteiger partial charge in [-0.25, -0.2) is 4.39 Å². The van der Waals surface area contributed by atoms with Crippen LogP contribution in [0, 0.1) is 17.1 Å². The van der Waals surface area contributed by atoms with E-state index in [4.69, 9.17) is 10.4 Å². The van der Waals surface area contributed by atoms with Crippen LogP contribution in [0.5, 0.6) is 0 Å². The number of rotatable bonds is 5. The standard InChI is InChI=1S/C11H10FNO2S/c12-11-8(6-13)2-1-3-9(11)7-16-5-4-10(14)15/h1-3H,4-5,7H2,(H,14,15). The molecule has 84 valence electrons. The number of carbonyl (C=O) groups is 1. The molecule has 1 N–H and O–H groups in total. The second kappa shape index (κ2) is 6.13. The van der Waals surface area contributed by atoms with Crippen LogP contribution in [0.25, 0.3) is 0 Å². The molecule has 0 aliphatic carbocycles. The Morgan fingerprint density at radius 1 is 1.56 bits per heavy atom. The molecular weight excluding hydrogens is 229 g/mol. The Morgan fingerprint density at radius 2 is 2.31 bits per heavy atom. The molecular formula is C11H10FNO2S. The van der Waals surface area contributed by atoms with Crippen LogP contribution in [0.2, 0.25) is 0 Å². The van der Waals surface area contributed by atoms with Crippen LogP contribution in [0.1, 0.15) is 17.5 Å². The van der Waals surface area contributed by atoms with Crippen molar-refractivity contribution in [3.05, 3.63) is 35.1 Å². The summed E-state index contributed by atoms with van der Waals surface area (Å²) in [7, 11) is 0. The van der Waals surface area contributed by atoms with E-state index in [0.29, 0.717) is 17.1 Å². The minimum atomic E-state index is -0.862. The van der Waals surface area contributed by atoms with Gasteiger partial charge in [0.1, 0.15) is 11.9 Å². The topological polar surface area (TPSA) is 61.1 Å². The Bertz CT molecular complexity index is 428. The van der Waals surface area contributed by atoms with Crippen molar-refractivity contribution in [2.45, 2.75) is 12.2 Å². The van der Waals surface area contributed by atoms with Crippen molar-refractivity contribution in [2.75, 3.05) is 5.75 Å². The minimum Gasteiger partial charge on any atom is -0.481 e. The minimum absolute atomic E-state index is 0.0244. The summed E-state index contributed by atoms with van der Waals surface area (Å²) in [5, 5.41) is 17.0. The van der Waals surface area contributed by atoms with Gasteiger partial charge in [0.15, 0.2) is 0 Å². The summed E-state index contributed by atoms with van der Waals surface area (Å²) >= 11 is 1.34. The van der Waals surface area contributed by atoms with Crippen molar-refractivity contribution in [3.63, 3.8) is 0 Å². The van der Waals surface area contributed by atoms with E-state index in [0.717, 1.165) is 0 Å². The summed E-state index contributed by atoms with van der Waals surface area (Å²) in [6, 6.07) is 6.40. The third-order valence-corrected chi connectivity index (χ3v) is 2.92. The van der Waals surface area contributed by atoms with E-state index >= 15 is 0 Å². The number of hydrogen-bond donors (Lipinski definition) is 1. The van der Waals surface area contributed by atoms with Crippen LogP contribution in [0.4, 0.5) is 4.39 Å². The van der Waals surface area contributed by atoms with Gasteiger partial charge >= 0.3 is 5.97 Å². The van der Waals surface area contributed by atoms with E-state index in [1.54, 1.807) is 18.2 Å². The van der Waals surface area contributed by atoms with Crippen LogP contribution in [-0.4, -0.2) is 16.8 Å². The van der Waals surface area contributed by atoms with Crippen molar-refractivity contribution in [2.24, 2.45) is 0 Å². The van der Waals surface area contributed by atoms with Crippen LogP contribution in [-0.2, 0) is 10.5 Å². The molecule has 0 radical (unpaired) electrons. The molecule has 0 saturated heterocycles. The van der Waals surface area contributed by atoms with Crippen LogP contribution in [0.15, 0.2) is 18.2 Å². The summed E-state index contributed by atoms with van der Waals surface area (Å²) in [6.07, 6.45) is 0.0597. The molecule has 16 heavy (non-hydrogen) atoms. The molecule has 1 aromatic carbocycles. The number of hydrogen-bond acceptors (Lipinski definition) is 3. The largest absolute Gasteiger partial charge is 0.481 e. The van der Waals surface area contributed by atoms with Crippen molar-refractivity contribution >= 4 is 17.7 Å². The SMILES string of the molecule is N#Cc1cccc(CSCCC(=O)O)c1F. The van der Waals surface area contributed by atoms with E-state index in [9.17, 15) is 9.18 Å². The van der Waals surface area contributed by atoms with E-state index < -0.39 is 11.8 Å². The number of benzene rings is 1. The molecule has 0 atom stereocenters. The fourth-order valence-corrected chi connectivity index (χ4v) is 2.03. The fourth-order valence-electron chi connectivity index (χ4n) is 1.12. The molecule has 0 spiro atoms. The van der Waals surface area contributed by atoms with Crippen molar-refractivity contribution < 1.29 is 14.3 Å². The van der Waals surface area contributed by atoms with Crippen molar-refractivity contribution in [3.8, 4) is 6.07 Å². The molecule has 0 aromatic heterocycles. The van der Waals surface area contributed by atoms with Crippen molar-refractivity contribution in [1.82, 2.24) is 0 Å². The molecule has 0 heterocycles. The van der Waals surface area contributed by atoms with Gasteiger partial charge in [0.05, 0.1) is 12.0 Å². The molecule has 0 aliphatic heterocycles. The second-order valence-corrected chi connectivity index (χ2v) is 4.19. The smallest absolute Gasteiger partial charge is 0.304 e. The zero-order chi connectivity index (χ0) is 12.0. The fraction of sp³-hybridized carbons (Fsp3) is 0.273. The van der Waals surface area contributed by atoms with E-state index in [1.807, 2.05) is 0 Å². The third-order valence-electron chi connectivity index (χ3n) is 1.92. The molecule has 3 nitrogen and oxygen atoms in total. The number of carboxylic acid groups (broad SMARTS) is 1. The summed E-state index contributed by atoms with van der Waals surface area (Å²) in [5.74, 6) is -0.549. The van der Waals surface area contributed by atoms with Gasteiger partial charge in [-0.05, 0) is 11.6 Å². The monoisotopic (exact) mass is 239 g/mol. The van der Waals surface area contributed by atoms with Gasteiger partial charge in [-0.2, -0.15) is 17.0 Å². The number of nitrogens with zero attached hydrogens (tertiary/aromatic N) is 1. The van der Waals surface area contributed by atoms with Gasteiger partial charge in [0.2, 0.25) is 0 Å². The molecule has 5 heteroatoms. The Labute approximate surface area is 96.9 Å². The summed E-state index contributed by atoms with van der Waals surface area (Å²) in [5.41, 5.74) is 0.464. The Hall–Kier alpha value is -1.54. The normalized spacial score (nSPS) is 9.75. The lowest BCUT2D eigenvalue weighted by Gasteiger charge is -2.03. The van der Waals surface area contributed by atoms with Gasteiger partial charge in [-0.1, -0.05) is 12.1 Å². The van der Waals surface area contributed by atoms with Gasteiger partial charge in [0, 0.05) is 11.5 Å². The summed E-state index contributed by atoms with van der Waals surface area (Å²) in [4.78, 5) is 10.2. The summed E-state index contributed by atoms with van der Waals surface area (Å²) in [6.45, 7) is 0. The quantitative estimate of drug-likeness (QED) is 0.801. The highest BCUT2D eigenvalue weighted by atomic mass is 32.2. The average Bonchev–Trinajstić information content (AvgIpc) is 2.26. The molecule has 0 saturated carbocycles. The van der Waals surface area contributed by atoms with Crippen LogP contribution >= 0.6 is 11.8 Å². The Kier molecular flexibility index (Phi) is 4.80. The molecule has 0 amide bonds. The number of aliphatic carboxylic acids is 1. The maximum atomic E-state index is 13.5. The molecule has 0 aliphatic rings. The lowest BCUT2D eigenvalue weighted by atomic mass is 10.1. The predicted molar refractivity (Wildman–Crippen MR) is 59.5 cm³/mol. The lowest BCUT2D eigenvalue weighted by Crippen LogP contribution is -1.97. The lowest BCUT2D eigenvalue weighted by molar-refractivity contribution is -0.136. The number of halogens is 1. The van der Waals surface area contributed by atoms with E-state index in [-0.39, 0.29) is 12.0 Å². The highest BCUT2D eigenvalue weighted by Gasteiger charge is 2.07. The van der Waals surface area contributed by atoms with E-state index in [1.165, 1.54) is 17.8 Å². The zero-order valence-corrected chi connectivity index (χ0v) is 9.26. The highest BCUT2D eigenvalue weighted by molar-refractivity contribution is 7.98. The maximum Gasteiger partial charge on any atom is 0.304 e.